The van der Waals surface area contributed by atoms with E-state index in [2.05, 4.69) is 32.9 Å². The smallest absolute Gasteiger partial charge is 0.165 e. The maximum Gasteiger partial charge on any atom is 0.165 e. The standard InChI is InChI=1S/C14H22O2/c1-6-14(4,5)16-15-13-9-7-12(8-10-13)11(2)3/h7-11H,6H2,1-5H3. The Balaban J connectivity index is 2.56. The zero-order chi connectivity index (χ0) is 12.2. The van der Waals surface area contributed by atoms with Crippen LogP contribution in [0.25, 0.3) is 0 Å². The van der Waals surface area contributed by atoms with Crippen LogP contribution in [0.5, 0.6) is 5.75 Å². The van der Waals surface area contributed by atoms with Crippen LogP contribution in [-0.4, -0.2) is 5.60 Å². The van der Waals surface area contributed by atoms with Gasteiger partial charge in [0.1, 0.15) is 5.60 Å². The summed E-state index contributed by atoms with van der Waals surface area (Å²) in [4.78, 5) is 10.7. The number of benzene rings is 1. The lowest BCUT2D eigenvalue weighted by Crippen LogP contribution is -2.24. The number of hydrogen-bond acceptors (Lipinski definition) is 2. The zero-order valence-electron chi connectivity index (χ0n) is 10.9. The second-order valence-corrected chi connectivity index (χ2v) is 5.00. The van der Waals surface area contributed by atoms with Crippen molar-refractivity contribution in [1.29, 1.82) is 0 Å². The maximum atomic E-state index is 5.37. The summed E-state index contributed by atoms with van der Waals surface area (Å²) >= 11 is 0. The third-order valence-electron chi connectivity index (χ3n) is 2.76. The maximum absolute atomic E-state index is 5.37. The van der Waals surface area contributed by atoms with Crippen LogP contribution in [0.4, 0.5) is 0 Å². The van der Waals surface area contributed by atoms with Gasteiger partial charge in [-0.15, -0.1) is 0 Å². The molecule has 0 unspecified atom stereocenters. The van der Waals surface area contributed by atoms with E-state index in [1.165, 1.54) is 5.56 Å². The average molecular weight is 222 g/mol. The molecule has 0 amide bonds. The van der Waals surface area contributed by atoms with Crippen LogP contribution in [-0.2, 0) is 4.89 Å². The van der Waals surface area contributed by atoms with Gasteiger partial charge in [-0.2, -0.15) is 4.89 Å². The van der Waals surface area contributed by atoms with Crippen LogP contribution in [0.15, 0.2) is 24.3 Å². The van der Waals surface area contributed by atoms with Crippen LogP contribution < -0.4 is 4.89 Å². The van der Waals surface area contributed by atoms with E-state index in [1.807, 2.05) is 26.0 Å². The molecule has 0 aliphatic heterocycles. The minimum atomic E-state index is -0.239. The first-order valence-corrected chi connectivity index (χ1v) is 5.90. The molecule has 0 radical (unpaired) electrons. The van der Waals surface area contributed by atoms with E-state index in [4.69, 9.17) is 9.78 Å². The predicted octanol–water partition coefficient (Wildman–Crippen LogP) is 4.31. The summed E-state index contributed by atoms with van der Waals surface area (Å²) < 4.78 is 0. The summed E-state index contributed by atoms with van der Waals surface area (Å²) in [7, 11) is 0. The molecule has 1 rings (SSSR count). The van der Waals surface area contributed by atoms with Crippen molar-refractivity contribution in [2.45, 2.75) is 52.6 Å². The summed E-state index contributed by atoms with van der Waals surface area (Å²) in [6, 6.07) is 8.03. The molecule has 0 aromatic heterocycles. The highest BCUT2D eigenvalue weighted by Crippen LogP contribution is 2.21. The molecule has 0 N–H and O–H groups in total. The van der Waals surface area contributed by atoms with Gasteiger partial charge in [0.25, 0.3) is 0 Å². The van der Waals surface area contributed by atoms with Gasteiger partial charge >= 0.3 is 0 Å². The molecule has 90 valence electrons. The quantitative estimate of drug-likeness (QED) is 0.546. The Morgan fingerprint density at radius 2 is 1.69 bits per heavy atom. The Morgan fingerprint density at radius 3 is 2.12 bits per heavy atom. The van der Waals surface area contributed by atoms with Crippen molar-refractivity contribution in [2.24, 2.45) is 0 Å². The molecule has 2 nitrogen and oxygen atoms in total. The summed E-state index contributed by atoms with van der Waals surface area (Å²) in [5.41, 5.74) is 1.07. The molecular formula is C14H22O2. The van der Waals surface area contributed by atoms with Gasteiger partial charge in [-0.05, 0) is 43.9 Å². The Labute approximate surface area is 98.5 Å². The summed E-state index contributed by atoms with van der Waals surface area (Å²) in [6.45, 7) is 10.4. The van der Waals surface area contributed by atoms with Gasteiger partial charge < -0.3 is 4.89 Å². The molecule has 0 heterocycles. The van der Waals surface area contributed by atoms with E-state index >= 15 is 0 Å². The van der Waals surface area contributed by atoms with Crippen LogP contribution in [0.2, 0.25) is 0 Å². The molecule has 0 bridgehead atoms. The molecule has 0 aliphatic carbocycles. The van der Waals surface area contributed by atoms with Gasteiger partial charge in [0.15, 0.2) is 5.75 Å². The van der Waals surface area contributed by atoms with E-state index < -0.39 is 0 Å². The van der Waals surface area contributed by atoms with E-state index in [0.717, 1.165) is 12.2 Å². The van der Waals surface area contributed by atoms with E-state index in [-0.39, 0.29) is 5.60 Å². The Kier molecular flexibility index (Phi) is 4.36. The number of rotatable bonds is 5. The lowest BCUT2D eigenvalue weighted by atomic mass is 10.0. The van der Waals surface area contributed by atoms with Crippen molar-refractivity contribution in [3.63, 3.8) is 0 Å². The lowest BCUT2D eigenvalue weighted by molar-refractivity contribution is -0.281. The Hall–Kier alpha value is -1.02. The fourth-order valence-electron chi connectivity index (χ4n) is 1.13. The largest absolute Gasteiger partial charge is 0.337 e. The summed E-state index contributed by atoms with van der Waals surface area (Å²) in [5.74, 6) is 1.30. The molecule has 0 saturated carbocycles. The summed E-state index contributed by atoms with van der Waals surface area (Å²) in [5, 5.41) is 0. The van der Waals surface area contributed by atoms with E-state index in [1.54, 1.807) is 0 Å². The van der Waals surface area contributed by atoms with E-state index in [9.17, 15) is 0 Å². The molecule has 0 spiro atoms. The highest BCUT2D eigenvalue weighted by atomic mass is 17.2. The normalized spacial score (nSPS) is 11.9. The van der Waals surface area contributed by atoms with Crippen molar-refractivity contribution < 1.29 is 9.78 Å². The fourth-order valence-corrected chi connectivity index (χ4v) is 1.13. The topological polar surface area (TPSA) is 18.5 Å². The van der Waals surface area contributed by atoms with Crippen molar-refractivity contribution in [3.05, 3.63) is 29.8 Å². The monoisotopic (exact) mass is 222 g/mol. The second kappa shape index (κ2) is 5.35. The molecule has 1 aromatic rings. The highest BCUT2D eigenvalue weighted by molar-refractivity contribution is 5.28. The zero-order valence-corrected chi connectivity index (χ0v) is 10.9. The van der Waals surface area contributed by atoms with Crippen molar-refractivity contribution in [2.75, 3.05) is 0 Å². The molecule has 0 fully saturated rings. The third kappa shape index (κ3) is 3.86. The molecule has 16 heavy (non-hydrogen) atoms. The average Bonchev–Trinajstić information content (AvgIpc) is 2.27. The molecule has 1 aromatic carbocycles. The minimum Gasteiger partial charge on any atom is -0.337 e. The van der Waals surface area contributed by atoms with Gasteiger partial charge in [-0.25, -0.2) is 0 Å². The fraction of sp³-hybridized carbons (Fsp3) is 0.571. The molecule has 0 saturated heterocycles. The van der Waals surface area contributed by atoms with Gasteiger partial charge in [0, 0.05) is 0 Å². The molecular weight excluding hydrogens is 200 g/mol. The van der Waals surface area contributed by atoms with Gasteiger partial charge in [0.05, 0.1) is 0 Å². The predicted molar refractivity (Wildman–Crippen MR) is 66.6 cm³/mol. The van der Waals surface area contributed by atoms with Crippen LogP contribution in [0, 0.1) is 0 Å². The second-order valence-electron chi connectivity index (χ2n) is 5.00. The SMILES string of the molecule is CCC(C)(C)OOc1ccc(C(C)C)cc1. The molecule has 0 aliphatic rings. The Bertz CT molecular complexity index is 312. The first kappa shape index (κ1) is 13.0. The molecule has 2 heteroatoms. The number of hydrogen-bond donors (Lipinski definition) is 0. The minimum absolute atomic E-state index is 0.239. The van der Waals surface area contributed by atoms with Crippen molar-refractivity contribution in [3.8, 4) is 5.75 Å². The van der Waals surface area contributed by atoms with Gasteiger partial charge in [-0.3, -0.25) is 0 Å². The van der Waals surface area contributed by atoms with Crippen LogP contribution >= 0.6 is 0 Å². The lowest BCUT2D eigenvalue weighted by Gasteiger charge is -2.21. The highest BCUT2D eigenvalue weighted by Gasteiger charge is 2.17. The van der Waals surface area contributed by atoms with Crippen LogP contribution in [0.1, 0.15) is 52.5 Å². The first-order valence-electron chi connectivity index (χ1n) is 5.90. The third-order valence-corrected chi connectivity index (χ3v) is 2.76. The van der Waals surface area contributed by atoms with Crippen molar-refractivity contribution >= 4 is 0 Å². The van der Waals surface area contributed by atoms with Gasteiger partial charge in [-0.1, -0.05) is 32.9 Å². The van der Waals surface area contributed by atoms with Crippen LogP contribution in [0.3, 0.4) is 0 Å². The van der Waals surface area contributed by atoms with Crippen molar-refractivity contribution in [1.82, 2.24) is 0 Å². The Morgan fingerprint density at radius 1 is 1.12 bits per heavy atom. The first-order chi connectivity index (χ1) is 7.44. The summed E-state index contributed by atoms with van der Waals surface area (Å²) in [6.07, 6.45) is 0.914. The molecule has 0 atom stereocenters. The van der Waals surface area contributed by atoms with Gasteiger partial charge in [0.2, 0.25) is 0 Å². The van der Waals surface area contributed by atoms with E-state index in [0.29, 0.717) is 5.92 Å².